The monoisotopic (exact) mass is 348 g/mol. The summed E-state index contributed by atoms with van der Waals surface area (Å²) in [5, 5.41) is 13.3. The van der Waals surface area contributed by atoms with E-state index in [1.54, 1.807) is 36.5 Å². The van der Waals surface area contributed by atoms with Gasteiger partial charge in [-0.2, -0.15) is 0 Å². The molecule has 5 N–H and O–H groups in total. The molecule has 134 valence electrons. The Morgan fingerprint density at radius 3 is 2.50 bits per heavy atom. The average molecular weight is 348 g/mol. The van der Waals surface area contributed by atoms with E-state index in [-0.39, 0.29) is 5.91 Å². The van der Waals surface area contributed by atoms with E-state index in [1.807, 2.05) is 18.2 Å². The normalized spacial score (nSPS) is 11.3. The number of para-hydroxylation sites is 2. The van der Waals surface area contributed by atoms with E-state index >= 15 is 0 Å². The van der Waals surface area contributed by atoms with Gasteiger partial charge in [0.2, 0.25) is 5.91 Å². The van der Waals surface area contributed by atoms with Crippen molar-refractivity contribution < 1.29 is 4.79 Å². The minimum absolute atomic E-state index is 0.292. The van der Waals surface area contributed by atoms with Crippen LogP contribution in [0.3, 0.4) is 0 Å². The number of hydrogen-bond donors (Lipinski definition) is 4. The fourth-order valence-electron chi connectivity index (χ4n) is 2.32. The summed E-state index contributed by atoms with van der Waals surface area (Å²) in [5.41, 5.74) is 8.79. The smallest absolute Gasteiger partial charge is 0.248 e. The van der Waals surface area contributed by atoms with E-state index in [9.17, 15) is 4.79 Å². The predicted octanol–water partition coefficient (Wildman–Crippen LogP) is 3.52. The van der Waals surface area contributed by atoms with E-state index in [2.05, 4.69) is 22.8 Å². The quantitative estimate of drug-likeness (QED) is 0.184. The van der Waals surface area contributed by atoms with Crippen molar-refractivity contribution in [1.29, 1.82) is 5.41 Å². The lowest BCUT2D eigenvalue weighted by atomic mass is 10.1. The molecule has 0 aliphatic carbocycles. The van der Waals surface area contributed by atoms with Crippen molar-refractivity contribution >= 4 is 23.5 Å². The van der Waals surface area contributed by atoms with Crippen molar-refractivity contribution in [1.82, 2.24) is 5.32 Å². The maximum Gasteiger partial charge on any atom is 0.248 e. The minimum Gasteiger partial charge on any atom is -0.397 e. The first kappa shape index (κ1) is 19.0. The number of carbonyl (C=O) groups is 1. The average Bonchev–Trinajstić information content (AvgIpc) is 2.66. The van der Waals surface area contributed by atoms with Crippen LogP contribution < -0.4 is 16.4 Å². The summed E-state index contributed by atoms with van der Waals surface area (Å²) in [6, 6.07) is 17.4. The van der Waals surface area contributed by atoms with Gasteiger partial charge < -0.3 is 21.8 Å². The van der Waals surface area contributed by atoms with E-state index in [0.29, 0.717) is 16.9 Å². The van der Waals surface area contributed by atoms with Crippen LogP contribution in [0.15, 0.2) is 78.5 Å². The van der Waals surface area contributed by atoms with Crippen LogP contribution in [-0.2, 0) is 11.2 Å². The lowest BCUT2D eigenvalue weighted by Gasteiger charge is -2.05. The molecule has 0 radical (unpaired) electrons. The number of carbonyl (C=O) groups excluding carboxylic acids is 1. The Kier molecular flexibility index (Phi) is 7.68. The van der Waals surface area contributed by atoms with Crippen LogP contribution in [0.1, 0.15) is 12.0 Å². The second-order valence-corrected chi connectivity index (χ2v) is 5.74. The van der Waals surface area contributed by atoms with Crippen molar-refractivity contribution in [3.8, 4) is 0 Å². The van der Waals surface area contributed by atoms with Crippen LogP contribution in [0.5, 0.6) is 0 Å². The van der Waals surface area contributed by atoms with Crippen molar-refractivity contribution in [3.05, 3.63) is 84.1 Å². The Morgan fingerprint density at radius 2 is 1.77 bits per heavy atom. The Bertz CT molecular complexity index is 782. The van der Waals surface area contributed by atoms with Gasteiger partial charge in [0.25, 0.3) is 0 Å². The zero-order valence-corrected chi connectivity index (χ0v) is 14.6. The fourth-order valence-corrected chi connectivity index (χ4v) is 2.32. The SMILES string of the molecule is N=CC(=C\NCCCc1ccccc1)/C=C/C(=O)Nc1ccccc1N. The number of nitrogens with two attached hydrogens (primary N) is 1. The third-order valence-corrected chi connectivity index (χ3v) is 3.71. The number of rotatable bonds is 9. The molecular weight excluding hydrogens is 324 g/mol. The van der Waals surface area contributed by atoms with Crippen LogP contribution >= 0.6 is 0 Å². The first-order valence-corrected chi connectivity index (χ1v) is 8.50. The number of aryl methyl sites for hydroxylation is 1. The largest absolute Gasteiger partial charge is 0.397 e. The molecule has 5 heteroatoms. The number of anilines is 2. The lowest BCUT2D eigenvalue weighted by molar-refractivity contribution is -0.111. The van der Waals surface area contributed by atoms with Crippen LogP contribution in [-0.4, -0.2) is 18.7 Å². The topological polar surface area (TPSA) is 91.0 Å². The Labute approximate surface area is 154 Å². The third kappa shape index (κ3) is 6.65. The predicted molar refractivity (Wildman–Crippen MR) is 108 cm³/mol. The van der Waals surface area contributed by atoms with Gasteiger partial charge in [-0.3, -0.25) is 4.79 Å². The van der Waals surface area contributed by atoms with Crippen LogP contribution in [0.25, 0.3) is 0 Å². The van der Waals surface area contributed by atoms with E-state index < -0.39 is 0 Å². The number of benzene rings is 2. The second kappa shape index (κ2) is 10.5. The molecule has 0 spiro atoms. The highest BCUT2D eigenvalue weighted by molar-refractivity contribution is 6.02. The summed E-state index contributed by atoms with van der Waals surface area (Å²) < 4.78 is 0. The standard InChI is InChI=1S/C21H24N4O/c22-15-18(16-24-14-6-9-17-7-2-1-3-8-17)12-13-21(26)25-20-11-5-4-10-19(20)23/h1-5,7-8,10-13,15-16,22,24H,6,9,14,23H2,(H,25,26)/b13-12+,18-16-,22-15?. The van der Waals surface area contributed by atoms with Crippen molar-refractivity contribution in [2.75, 3.05) is 17.6 Å². The van der Waals surface area contributed by atoms with Crippen LogP contribution in [0.2, 0.25) is 0 Å². The van der Waals surface area contributed by atoms with Gasteiger partial charge in [0.15, 0.2) is 0 Å². The Hall–Kier alpha value is -3.34. The number of allylic oxidation sites excluding steroid dienone is 2. The van der Waals surface area contributed by atoms with E-state index in [1.165, 1.54) is 17.9 Å². The summed E-state index contributed by atoms with van der Waals surface area (Å²) in [5.74, 6) is -0.292. The summed E-state index contributed by atoms with van der Waals surface area (Å²) in [7, 11) is 0. The third-order valence-electron chi connectivity index (χ3n) is 3.71. The van der Waals surface area contributed by atoms with Crippen LogP contribution in [0, 0.1) is 5.41 Å². The molecule has 0 aliphatic rings. The first-order chi connectivity index (χ1) is 12.7. The van der Waals surface area contributed by atoms with E-state index in [0.717, 1.165) is 19.4 Å². The molecule has 2 aromatic rings. The minimum atomic E-state index is -0.292. The highest BCUT2D eigenvalue weighted by atomic mass is 16.1. The molecule has 0 unspecified atom stereocenters. The zero-order chi connectivity index (χ0) is 18.6. The van der Waals surface area contributed by atoms with Crippen molar-refractivity contribution in [2.45, 2.75) is 12.8 Å². The van der Waals surface area contributed by atoms with E-state index in [4.69, 9.17) is 11.1 Å². The Balaban J connectivity index is 1.77. The van der Waals surface area contributed by atoms with Gasteiger partial charge in [0.05, 0.1) is 11.4 Å². The number of amides is 1. The molecule has 2 rings (SSSR count). The molecule has 0 heterocycles. The molecule has 2 aromatic carbocycles. The van der Waals surface area contributed by atoms with Crippen molar-refractivity contribution in [3.63, 3.8) is 0 Å². The molecule has 26 heavy (non-hydrogen) atoms. The number of nitrogen functional groups attached to an aromatic ring is 1. The molecule has 0 aliphatic heterocycles. The van der Waals surface area contributed by atoms with Gasteiger partial charge >= 0.3 is 0 Å². The molecule has 0 saturated carbocycles. The van der Waals surface area contributed by atoms with Crippen molar-refractivity contribution in [2.24, 2.45) is 0 Å². The summed E-state index contributed by atoms with van der Waals surface area (Å²) >= 11 is 0. The van der Waals surface area contributed by atoms with Gasteiger partial charge in [-0.1, -0.05) is 42.5 Å². The first-order valence-electron chi connectivity index (χ1n) is 8.50. The molecule has 0 aromatic heterocycles. The summed E-state index contributed by atoms with van der Waals surface area (Å²) in [6.45, 7) is 0.798. The molecule has 0 saturated heterocycles. The number of hydrogen-bond acceptors (Lipinski definition) is 4. The molecule has 1 amide bonds. The molecule has 0 fully saturated rings. The highest BCUT2D eigenvalue weighted by Crippen LogP contribution is 2.16. The Morgan fingerprint density at radius 1 is 1.04 bits per heavy atom. The summed E-state index contributed by atoms with van der Waals surface area (Å²) in [6.07, 6.45) is 7.89. The van der Waals surface area contributed by atoms with Gasteiger partial charge in [-0.25, -0.2) is 0 Å². The molecular formula is C21H24N4O. The molecule has 0 atom stereocenters. The molecule has 5 nitrogen and oxygen atoms in total. The van der Waals surface area contributed by atoms with Gasteiger partial charge in [-0.05, 0) is 36.6 Å². The number of nitrogens with one attached hydrogen (secondary N) is 3. The summed E-state index contributed by atoms with van der Waals surface area (Å²) in [4.78, 5) is 11.9. The lowest BCUT2D eigenvalue weighted by Crippen LogP contribution is -2.11. The van der Waals surface area contributed by atoms with Gasteiger partial charge in [-0.15, -0.1) is 0 Å². The maximum atomic E-state index is 11.9. The molecule has 0 bridgehead atoms. The van der Waals surface area contributed by atoms with Crippen LogP contribution in [0.4, 0.5) is 11.4 Å². The van der Waals surface area contributed by atoms with Gasteiger partial charge in [0.1, 0.15) is 0 Å². The fraction of sp³-hybridized carbons (Fsp3) is 0.143. The zero-order valence-electron chi connectivity index (χ0n) is 14.6. The van der Waals surface area contributed by atoms with Gasteiger partial charge in [0, 0.05) is 30.6 Å². The highest BCUT2D eigenvalue weighted by Gasteiger charge is 2.01. The maximum absolute atomic E-state index is 11.9. The second-order valence-electron chi connectivity index (χ2n) is 5.74.